The van der Waals surface area contributed by atoms with E-state index in [9.17, 15) is 9.18 Å². The summed E-state index contributed by atoms with van der Waals surface area (Å²) in [5, 5.41) is 6.15. The summed E-state index contributed by atoms with van der Waals surface area (Å²) in [5.74, 6) is 0.309. The lowest BCUT2D eigenvalue weighted by molar-refractivity contribution is -0.115. The summed E-state index contributed by atoms with van der Waals surface area (Å²) in [6, 6.07) is 21.4. The van der Waals surface area contributed by atoms with Crippen LogP contribution in [-0.2, 0) is 17.8 Å². The van der Waals surface area contributed by atoms with E-state index >= 15 is 0 Å². The first-order valence-electron chi connectivity index (χ1n) is 8.63. The van der Waals surface area contributed by atoms with Gasteiger partial charge in [0.2, 0.25) is 5.91 Å². The quantitative estimate of drug-likeness (QED) is 0.643. The molecule has 0 unspecified atom stereocenters. The molecule has 4 nitrogen and oxygen atoms in total. The van der Waals surface area contributed by atoms with Crippen LogP contribution in [0.15, 0.2) is 72.8 Å². The van der Waals surface area contributed by atoms with Gasteiger partial charge < -0.3 is 15.4 Å². The highest BCUT2D eigenvalue weighted by Gasteiger charge is 2.05. The number of ether oxygens (including phenoxy) is 1. The van der Waals surface area contributed by atoms with Crippen molar-refractivity contribution in [1.29, 1.82) is 0 Å². The van der Waals surface area contributed by atoms with E-state index in [0.29, 0.717) is 17.8 Å². The van der Waals surface area contributed by atoms with E-state index in [1.165, 1.54) is 12.1 Å². The molecule has 0 fully saturated rings. The van der Waals surface area contributed by atoms with E-state index in [-0.39, 0.29) is 18.1 Å². The van der Waals surface area contributed by atoms with Crippen molar-refractivity contribution < 1.29 is 13.9 Å². The molecule has 0 aromatic heterocycles. The first-order chi connectivity index (χ1) is 13.1. The largest absolute Gasteiger partial charge is 0.497 e. The molecular weight excluding hydrogens is 343 g/mol. The maximum Gasteiger partial charge on any atom is 0.228 e. The number of anilines is 2. The van der Waals surface area contributed by atoms with Crippen LogP contribution in [0.25, 0.3) is 0 Å². The van der Waals surface area contributed by atoms with E-state index in [2.05, 4.69) is 10.6 Å². The van der Waals surface area contributed by atoms with Gasteiger partial charge in [-0.2, -0.15) is 0 Å². The van der Waals surface area contributed by atoms with Crippen molar-refractivity contribution in [1.82, 2.24) is 0 Å². The molecule has 0 aliphatic carbocycles. The van der Waals surface area contributed by atoms with Gasteiger partial charge in [0.25, 0.3) is 0 Å². The SMILES string of the molecule is COc1ccc(CNc2ccc(NC(=O)Cc3cccc(F)c3)cc2)cc1. The lowest BCUT2D eigenvalue weighted by Gasteiger charge is -2.09. The minimum absolute atomic E-state index is 0.134. The van der Waals surface area contributed by atoms with Crippen LogP contribution < -0.4 is 15.4 Å². The van der Waals surface area contributed by atoms with Crippen LogP contribution in [-0.4, -0.2) is 13.0 Å². The molecule has 3 aromatic rings. The summed E-state index contributed by atoms with van der Waals surface area (Å²) in [6.45, 7) is 0.690. The fraction of sp³-hybridized carbons (Fsp3) is 0.136. The average molecular weight is 364 g/mol. The minimum Gasteiger partial charge on any atom is -0.497 e. The Morgan fingerprint density at radius 3 is 2.30 bits per heavy atom. The van der Waals surface area contributed by atoms with E-state index in [1.54, 1.807) is 19.2 Å². The van der Waals surface area contributed by atoms with Gasteiger partial charge in [-0.05, 0) is 59.7 Å². The normalized spacial score (nSPS) is 10.3. The summed E-state index contributed by atoms with van der Waals surface area (Å²) in [4.78, 5) is 12.1. The van der Waals surface area contributed by atoms with E-state index in [1.807, 2.05) is 48.5 Å². The number of nitrogens with one attached hydrogen (secondary N) is 2. The summed E-state index contributed by atoms with van der Waals surface area (Å²) in [5.41, 5.74) is 3.44. The molecule has 0 atom stereocenters. The second-order valence-corrected chi connectivity index (χ2v) is 6.13. The summed E-state index contributed by atoms with van der Waals surface area (Å²) < 4.78 is 18.3. The third-order valence-electron chi connectivity index (χ3n) is 4.08. The zero-order valence-electron chi connectivity index (χ0n) is 15.0. The Morgan fingerprint density at radius 2 is 1.63 bits per heavy atom. The number of hydrogen-bond donors (Lipinski definition) is 2. The van der Waals surface area contributed by atoms with Crippen molar-refractivity contribution in [3.63, 3.8) is 0 Å². The van der Waals surface area contributed by atoms with E-state index in [4.69, 9.17) is 4.74 Å². The van der Waals surface area contributed by atoms with Gasteiger partial charge in [-0.1, -0.05) is 24.3 Å². The summed E-state index contributed by atoms with van der Waals surface area (Å²) in [6.07, 6.45) is 0.134. The third-order valence-corrected chi connectivity index (χ3v) is 4.08. The second kappa shape index (κ2) is 8.85. The first kappa shape index (κ1) is 18.5. The van der Waals surface area contributed by atoms with Crippen molar-refractivity contribution in [2.45, 2.75) is 13.0 Å². The van der Waals surface area contributed by atoms with Gasteiger partial charge >= 0.3 is 0 Å². The Hall–Kier alpha value is -3.34. The van der Waals surface area contributed by atoms with Crippen LogP contribution in [0.3, 0.4) is 0 Å². The molecule has 0 saturated heterocycles. The van der Waals surface area contributed by atoms with Gasteiger partial charge in [0.05, 0.1) is 13.5 Å². The smallest absolute Gasteiger partial charge is 0.228 e. The van der Waals surface area contributed by atoms with Gasteiger partial charge in [-0.15, -0.1) is 0 Å². The first-order valence-corrected chi connectivity index (χ1v) is 8.63. The van der Waals surface area contributed by atoms with Crippen molar-refractivity contribution in [3.8, 4) is 5.75 Å². The van der Waals surface area contributed by atoms with Gasteiger partial charge in [-0.3, -0.25) is 4.79 Å². The number of halogens is 1. The fourth-order valence-corrected chi connectivity index (χ4v) is 2.66. The van der Waals surface area contributed by atoms with Crippen LogP contribution in [0.5, 0.6) is 5.75 Å². The number of rotatable bonds is 7. The Kier molecular flexibility index (Phi) is 6.05. The molecule has 1 amide bonds. The van der Waals surface area contributed by atoms with Crippen molar-refractivity contribution >= 4 is 17.3 Å². The molecule has 0 radical (unpaired) electrons. The Morgan fingerprint density at radius 1 is 0.926 bits per heavy atom. The van der Waals surface area contributed by atoms with Crippen molar-refractivity contribution in [2.75, 3.05) is 17.7 Å². The average Bonchev–Trinajstić information content (AvgIpc) is 2.68. The summed E-state index contributed by atoms with van der Waals surface area (Å²) >= 11 is 0. The van der Waals surface area contributed by atoms with E-state index in [0.717, 1.165) is 17.0 Å². The molecule has 0 aliphatic rings. The second-order valence-electron chi connectivity index (χ2n) is 6.13. The molecular formula is C22H21FN2O2. The third kappa shape index (κ3) is 5.57. The standard InChI is InChI=1S/C22H21FN2O2/c1-27-21-11-5-16(6-12-21)15-24-19-7-9-20(10-8-19)25-22(26)14-17-3-2-4-18(23)13-17/h2-13,24H,14-15H2,1H3,(H,25,26). The molecule has 27 heavy (non-hydrogen) atoms. The molecule has 2 N–H and O–H groups in total. The Labute approximate surface area is 158 Å². The zero-order chi connectivity index (χ0) is 19.1. The van der Waals surface area contributed by atoms with Gasteiger partial charge in [0, 0.05) is 17.9 Å². The van der Waals surface area contributed by atoms with Gasteiger partial charge in [0.15, 0.2) is 0 Å². The predicted octanol–water partition coefficient (Wildman–Crippen LogP) is 4.63. The summed E-state index contributed by atoms with van der Waals surface area (Å²) in [7, 11) is 1.64. The lowest BCUT2D eigenvalue weighted by Crippen LogP contribution is -2.14. The number of hydrogen-bond acceptors (Lipinski definition) is 3. The number of amides is 1. The van der Waals surface area contributed by atoms with Gasteiger partial charge in [-0.25, -0.2) is 4.39 Å². The highest BCUT2D eigenvalue weighted by molar-refractivity contribution is 5.92. The maximum absolute atomic E-state index is 13.2. The molecule has 0 saturated carbocycles. The Balaban J connectivity index is 1.51. The highest BCUT2D eigenvalue weighted by Crippen LogP contribution is 2.16. The maximum atomic E-state index is 13.2. The topological polar surface area (TPSA) is 50.4 Å². The van der Waals surface area contributed by atoms with Crippen LogP contribution >= 0.6 is 0 Å². The van der Waals surface area contributed by atoms with Crippen molar-refractivity contribution in [3.05, 3.63) is 89.7 Å². The van der Waals surface area contributed by atoms with Crippen LogP contribution in [0.2, 0.25) is 0 Å². The number of benzene rings is 3. The molecule has 0 bridgehead atoms. The molecule has 138 valence electrons. The van der Waals surface area contributed by atoms with Crippen LogP contribution in [0.4, 0.5) is 15.8 Å². The number of carbonyl (C=O) groups excluding carboxylic acids is 1. The monoisotopic (exact) mass is 364 g/mol. The van der Waals surface area contributed by atoms with E-state index < -0.39 is 0 Å². The van der Waals surface area contributed by atoms with Crippen LogP contribution in [0, 0.1) is 5.82 Å². The van der Waals surface area contributed by atoms with Gasteiger partial charge in [0.1, 0.15) is 11.6 Å². The number of methoxy groups -OCH3 is 1. The fourth-order valence-electron chi connectivity index (χ4n) is 2.66. The predicted molar refractivity (Wildman–Crippen MR) is 105 cm³/mol. The Bertz CT molecular complexity index is 893. The lowest BCUT2D eigenvalue weighted by atomic mass is 10.1. The highest BCUT2D eigenvalue weighted by atomic mass is 19.1. The molecule has 0 spiro atoms. The van der Waals surface area contributed by atoms with Crippen molar-refractivity contribution in [2.24, 2.45) is 0 Å². The molecule has 0 aliphatic heterocycles. The zero-order valence-corrected chi connectivity index (χ0v) is 15.0. The molecule has 5 heteroatoms. The molecule has 3 aromatic carbocycles. The minimum atomic E-state index is -0.340. The number of carbonyl (C=O) groups is 1. The molecule has 3 rings (SSSR count). The van der Waals surface area contributed by atoms with Crippen LogP contribution in [0.1, 0.15) is 11.1 Å². The molecule has 0 heterocycles.